The molecule has 3 rings (SSSR count). The Labute approximate surface area is 139 Å². The zero-order chi connectivity index (χ0) is 15.9. The molecular formula is C16H18Cl2FNO2. The van der Waals surface area contributed by atoms with E-state index in [1.807, 2.05) is 0 Å². The quantitative estimate of drug-likeness (QED) is 0.889. The van der Waals surface area contributed by atoms with Crippen molar-refractivity contribution in [3.05, 3.63) is 33.8 Å². The van der Waals surface area contributed by atoms with Crippen LogP contribution in [0.3, 0.4) is 0 Å². The van der Waals surface area contributed by atoms with Crippen LogP contribution < -0.4 is 0 Å². The van der Waals surface area contributed by atoms with E-state index in [0.717, 1.165) is 12.0 Å². The number of benzene rings is 1. The Kier molecular flexibility index (Phi) is 4.62. The highest BCUT2D eigenvalue weighted by atomic mass is 35.5. The summed E-state index contributed by atoms with van der Waals surface area (Å²) in [6, 6.07) is 5.20. The van der Waals surface area contributed by atoms with Crippen LogP contribution >= 0.6 is 23.2 Å². The molecule has 4 atom stereocenters. The monoisotopic (exact) mass is 345 g/mol. The van der Waals surface area contributed by atoms with Crippen molar-refractivity contribution in [2.45, 2.75) is 25.6 Å². The minimum atomic E-state index is -0.847. The normalized spacial score (nSPS) is 29.3. The second-order valence-corrected chi connectivity index (χ2v) is 6.91. The molecule has 2 aliphatic carbocycles. The number of hydrogen-bond donors (Lipinski definition) is 1. The summed E-state index contributed by atoms with van der Waals surface area (Å²) in [5, 5.41) is 10.1. The molecule has 4 unspecified atom stereocenters. The highest BCUT2D eigenvalue weighted by Gasteiger charge is 2.62. The molecule has 0 aliphatic heterocycles. The van der Waals surface area contributed by atoms with E-state index in [0.29, 0.717) is 23.0 Å². The van der Waals surface area contributed by atoms with Gasteiger partial charge >= 0.3 is 0 Å². The first-order chi connectivity index (χ1) is 10.5. The summed E-state index contributed by atoms with van der Waals surface area (Å²) in [7, 11) is 0. The van der Waals surface area contributed by atoms with Gasteiger partial charge in [-0.15, -0.1) is 0 Å². The van der Waals surface area contributed by atoms with E-state index >= 15 is 0 Å². The van der Waals surface area contributed by atoms with Crippen LogP contribution in [0, 0.1) is 17.8 Å². The Morgan fingerprint density at radius 3 is 2.68 bits per heavy atom. The van der Waals surface area contributed by atoms with Crippen molar-refractivity contribution in [2.75, 3.05) is 13.2 Å². The van der Waals surface area contributed by atoms with Gasteiger partial charge in [-0.25, -0.2) is 4.39 Å². The molecule has 0 spiro atoms. The second kappa shape index (κ2) is 6.34. The summed E-state index contributed by atoms with van der Waals surface area (Å²) >= 11 is 11.9. The molecule has 3 nitrogen and oxygen atoms in total. The highest BCUT2D eigenvalue weighted by Crippen LogP contribution is 2.59. The standard InChI is InChI=1S/C16H18Cl2FNO2/c17-11-3-1-9(7-12(11)18)8-20(5-6-21)16(22)15-10-2-4-13(19)14(10)15/h1,3,7,10,13-15,21H,2,4-6,8H2. The maximum Gasteiger partial charge on any atom is 0.226 e. The van der Waals surface area contributed by atoms with Crippen molar-refractivity contribution in [2.24, 2.45) is 17.8 Å². The van der Waals surface area contributed by atoms with Gasteiger partial charge in [-0.2, -0.15) is 0 Å². The lowest BCUT2D eigenvalue weighted by Gasteiger charge is -2.23. The molecule has 0 heterocycles. The van der Waals surface area contributed by atoms with Gasteiger partial charge in [-0.05, 0) is 36.5 Å². The van der Waals surface area contributed by atoms with E-state index in [9.17, 15) is 14.3 Å². The fraction of sp³-hybridized carbons (Fsp3) is 0.562. The Bertz CT molecular complexity index is 583. The van der Waals surface area contributed by atoms with Gasteiger partial charge in [-0.1, -0.05) is 29.3 Å². The second-order valence-electron chi connectivity index (χ2n) is 6.09. The lowest BCUT2D eigenvalue weighted by atomic mass is 10.1. The topological polar surface area (TPSA) is 40.5 Å². The Morgan fingerprint density at radius 1 is 1.32 bits per heavy atom. The van der Waals surface area contributed by atoms with Crippen molar-refractivity contribution in [1.29, 1.82) is 0 Å². The molecule has 120 valence electrons. The van der Waals surface area contributed by atoms with E-state index in [1.54, 1.807) is 23.1 Å². The first kappa shape index (κ1) is 16.0. The lowest BCUT2D eigenvalue weighted by Crippen LogP contribution is -2.35. The highest BCUT2D eigenvalue weighted by molar-refractivity contribution is 6.42. The summed E-state index contributed by atoms with van der Waals surface area (Å²) in [4.78, 5) is 14.2. The molecular weight excluding hydrogens is 328 g/mol. The fourth-order valence-corrected chi connectivity index (χ4v) is 3.94. The number of rotatable bonds is 5. The first-order valence-electron chi connectivity index (χ1n) is 7.50. The smallest absolute Gasteiger partial charge is 0.226 e. The third-order valence-corrected chi connectivity index (χ3v) is 5.49. The number of aliphatic hydroxyl groups is 1. The van der Waals surface area contributed by atoms with Crippen molar-refractivity contribution in [1.82, 2.24) is 4.90 Å². The molecule has 6 heteroatoms. The molecule has 0 radical (unpaired) electrons. The van der Waals surface area contributed by atoms with E-state index < -0.39 is 6.17 Å². The number of amides is 1. The first-order valence-corrected chi connectivity index (χ1v) is 8.26. The molecule has 0 aromatic heterocycles. The molecule has 2 fully saturated rings. The molecule has 2 aliphatic rings. The summed E-state index contributed by atoms with van der Waals surface area (Å²) < 4.78 is 13.7. The summed E-state index contributed by atoms with van der Waals surface area (Å²) in [6.45, 7) is 0.476. The van der Waals surface area contributed by atoms with Crippen LogP contribution in [-0.2, 0) is 11.3 Å². The molecule has 2 saturated carbocycles. The minimum absolute atomic E-state index is 0.0579. The average Bonchev–Trinajstić information content (AvgIpc) is 3.10. The van der Waals surface area contributed by atoms with Gasteiger partial charge in [0.25, 0.3) is 0 Å². The predicted octanol–water partition coefficient (Wildman–Crippen LogP) is 3.31. The van der Waals surface area contributed by atoms with E-state index in [1.165, 1.54) is 0 Å². The summed E-state index contributed by atoms with van der Waals surface area (Å²) in [6.07, 6.45) is 0.522. The zero-order valence-corrected chi connectivity index (χ0v) is 13.5. The fourth-order valence-electron chi connectivity index (χ4n) is 3.61. The maximum atomic E-state index is 13.7. The van der Waals surface area contributed by atoms with E-state index in [2.05, 4.69) is 0 Å². The van der Waals surface area contributed by atoms with Crippen LogP contribution in [0.25, 0.3) is 0 Å². The van der Waals surface area contributed by atoms with E-state index in [4.69, 9.17) is 23.2 Å². The number of aliphatic hydroxyl groups excluding tert-OH is 1. The number of nitrogens with zero attached hydrogens (tertiary/aromatic N) is 1. The summed E-state index contributed by atoms with van der Waals surface area (Å²) in [5.41, 5.74) is 0.846. The van der Waals surface area contributed by atoms with E-state index in [-0.39, 0.29) is 36.8 Å². The number of fused-ring (bicyclic) bond motifs is 1. The third kappa shape index (κ3) is 2.97. The van der Waals surface area contributed by atoms with Crippen LogP contribution in [0.2, 0.25) is 10.0 Å². The van der Waals surface area contributed by atoms with Gasteiger partial charge < -0.3 is 10.0 Å². The Morgan fingerprint density at radius 2 is 2.09 bits per heavy atom. The number of carbonyl (C=O) groups is 1. The minimum Gasteiger partial charge on any atom is -0.395 e. The molecule has 0 saturated heterocycles. The lowest BCUT2D eigenvalue weighted by molar-refractivity contribution is -0.134. The van der Waals surface area contributed by atoms with Crippen LogP contribution in [0.1, 0.15) is 18.4 Å². The van der Waals surface area contributed by atoms with Gasteiger partial charge in [-0.3, -0.25) is 4.79 Å². The van der Waals surface area contributed by atoms with Gasteiger partial charge in [0.2, 0.25) is 5.91 Å². The number of alkyl halides is 1. The molecule has 1 N–H and O–H groups in total. The van der Waals surface area contributed by atoms with Crippen molar-refractivity contribution >= 4 is 29.1 Å². The average molecular weight is 346 g/mol. The van der Waals surface area contributed by atoms with Gasteiger partial charge in [0.05, 0.1) is 16.7 Å². The number of carbonyl (C=O) groups excluding carboxylic acids is 1. The zero-order valence-electron chi connectivity index (χ0n) is 12.0. The summed E-state index contributed by atoms with van der Waals surface area (Å²) in [5.74, 6) is -0.185. The molecule has 1 amide bonds. The maximum absolute atomic E-state index is 13.7. The van der Waals surface area contributed by atoms with Crippen molar-refractivity contribution in [3.63, 3.8) is 0 Å². The van der Waals surface area contributed by atoms with Crippen molar-refractivity contribution < 1.29 is 14.3 Å². The SMILES string of the molecule is O=C(C1C2CCC(F)C21)N(CCO)Cc1ccc(Cl)c(Cl)c1. The number of hydrogen-bond acceptors (Lipinski definition) is 2. The predicted molar refractivity (Wildman–Crippen MR) is 83.6 cm³/mol. The van der Waals surface area contributed by atoms with Gasteiger partial charge in [0.15, 0.2) is 0 Å². The molecule has 1 aromatic rings. The number of halogens is 3. The van der Waals surface area contributed by atoms with Gasteiger partial charge in [0, 0.05) is 24.9 Å². The molecule has 1 aromatic carbocycles. The largest absolute Gasteiger partial charge is 0.395 e. The van der Waals surface area contributed by atoms with Crippen molar-refractivity contribution in [3.8, 4) is 0 Å². The van der Waals surface area contributed by atoms with Crippen LogP contribution in [0.4, 0.5) is 4.39 Å². The molecule has 22 heavy (non-hydrogen) atoms. The Balaban J connectivity index is 1.70. The van der Waals surface area contributed by atoms with Crippen LogP contribution in [-0.4, -0.2) is 35.2 Å². The van der Waals surface area contributed by atoms with Crippen LogP contribution in [0.15, 0.2) is 18.2 Å². The Hall–Kier alpha value is -0.840. The molecule has 0 bridgehead atoms. The van der Waals surface area contributed by atoms with Gasteiger partial charge in [0.1, 0.15) is 6.17 Å². The third-order valence-electron chi connectivity index (χ3n) is 4.75. The van der Waals surface area contributed by atoms with Crippen LogP contribution in [0.5, 0.6) is 0 Å².